The lowest BCUT2D eigenvalue weighted by molar-refractivity contribution is -0.138. The van der Waals surface area contributed by atoms with Crippen LogP contribution in [0.2, 0.25) is 0 Å². The molecule has 1 aliphatic rings. The third-order valence-electron chi connectivity index (χ3n) is 5.50. The van der Waals surface area contributed by atoms with Crippen LogP contribution in [0.3, 0.4) is 0 Å². The minimum absolute atomic E-state index is 0.300. The zero-order valence-corrected chi connectivity index (χ0v) is 18.4. The van der Waals surface area contributed by atoms with Crippen LogP contribution < -0.4 is 10.2 Å². The van der Waals surface area contributed by atoms with Crippen molar-refractivity contribution in [2.75, 3.05) is 36.4 Å². The van der Waals surface area contributed by atoms with Crippen molar-refractivity contribution in [2.45, 2.75) is 20.0 Å². The second-order valence-electron chi connectivity index (χ2n) is 8.00. The number of nitrogens with one attached hydrogen (secondary N) is 1. The number of halogens is 3. The third kappa shape index (κ3) is 5.24. The molecule has 0 radical (unpaired) electrons. The smallest absolute Gasteiger partial charge is 0.353 e. The summed E-state index contributed by atoms with van der Waals surface area (Å²) in [6.07, 6.45) is -4.58. The minimum Gasteiger partial charge on any atom is -0.353 e. The number of nitrogens with zero attached hydrogens (tertiary/aromatic N) is 4. The molecule has 172 valence electrons. The molecule has 0 unspecified atom stereocenters. The number of benzene rings is 2. The van der Waals surface area contributed by atoms with Gasteiger partial charge in [0.15, 0.2) is 0 Å². The summed E-state index contributed by atoms with van der Waals surface area (Å²) in [5.41, 5.74) is 1.58. The van der Waals surface area contributed by atoms with Gasteiger partial charge in [0.1, 0.15) is 5.82 Å². The first-order chi connectivity index (χ1) is 15.7. The van der Waals surface area contributed by atoms with Gasteiger partial charge in [-0.1, -0.05) is 29.8 Å². The predicted octanol–water partition coefficient (Wildman–Crippen LogP) is 4.82. The van der Waals surface area contributed by atoms with Crippen LogP contribution >= 0.6 is 0 Å². The molecule has 2 heterocycles. The maximum atomic E-state index is 13.3. The fourth-order valence-electron chi connectivity index (χ4n) is 3.76. The van der Waals surface area contributed by atoms with E-state index in [4.69, 9.17) is 0 Å². The summed E-state index contributed by atoms with van der Waals surface area (Å²) >= 11 is 0. The molecule has 0 bridgehead atoms. The van der Waals surface area contributed by atoms with Crippen molar-refractivity contribution in [2.24, 2.45) is 0 Å². The Balaban J connectivity index is 1.46. The van der Waals surface area contributed by atoms with E-state index >= 15 is 0 Å². The second-order valence-corrected chi connectivity index (χ2v) is 8.00. The van der Waals surface area contributed by atoms with Gasteiger partial charge in [-0.3, -0.25) is 4.79 Å². The quantitative estimate of drug-likeness (QED) is 0.611. The highest BCUT2D eigenvalue weighted by atomic mass is 19.4. The number of anilines is 3. The summed E-state index contributed by atoms with van der Waals surface area (Å²) in [5.74, 6) is 0.564. The molecule has 0 saturated carbocycles. The van der Waals surface area contributed by atoms with Crippen molar-refractivity contribution < 1.29 is 18.0 Å². The number of aryl methyl sites for hydroxylation is 2. The van der Waals surface area contributed by atoms with Gasteiger partial charge in [0, 0.05) is 43.6 Å². The Hall–Kier alpha value is -3.62. The number of carbonyl (C=O) groups is 1. The van der Waals surface area contributed by atoms with Crippen molar-refractivity contribution in [1.82, 2.24) is 14.9 Å². The first-order valence-electron chi connectivity index (χ1n) is 10.6. The first kappa shape index (κ1) is 22.6. The summed E-state index contributed by atoms with van der Waals surface area (Å²) in [4.78, 5) is 25.3. The van der Waals surface area contributed by atoms with Crippen LogP contribution in [0.25, 0.3) is 0 Å². The Morgan fingerprint density at radius 1 is 0.939 bits per heavy atom. The van der Waals surface area contributed by atoms with Crippen molar-refractivity contribution >= 4 is 23.4 Å². The van der Waals surface area contributed by atoms with Gasteiger partial charge in [-0.15, -0.1) is 0 Å². The van der Waals surface area contributed by atoms with Crippen molar-refractivity contribution in [1.29, 1.82) is 0 Å². The monoisotopic (exact) mass is 455 g/mol. The molecule has 0 aliphatic carbocycles. The molecule has 1 fully saturated rings. The molecule has 1 saturated heterocycles. The standard InChI is InChI=1S/C24H24F3N5O/c1-16-7-9-18(10-8-16)29-23-28-17(2)15-21(30-23)31-11-13-32(14-12-31)22(33)19-5-3-4-6-20(19)24(25,26)27/h3-10,15H,11-14H2,1-2H3,(H,28,29,30). The Kier molecular flexibility index (Phi) is 6.22. The highest BCUT2D eigenvalue weighted by molar-refractivity contribution is 5.96. The molecule has 0 atom stereocenters. The van der Waals surface area contributed by atoms with Gasteiger partial charge < -0.3 is 15.1 Å². The SMILES string of the molecule is Cc1ccc(Nc2nc(C)cc(N3CCN(C(=O)c4ccccc4C(F)(F)F)CC3)n2)cc1. The molecule has 4 rings (SSSR count). The Bertz CT molecular complexity index is 1140. The zero-order chi connectivity index (χ0) is 23.6. The van der Waals surface area contributed by atoms with Crippen molar-refractivity contribution in [3.8, 4) is 0 Å². The number of piperazine rings is 1. The summed E-state index contributed by atoms with van der Waals surface area (Å²) in [6, 6.07) is 14.6. The van der Waals surface area contributed by atoms with Gasteiger partial charge >= 0.3 is 6.18 Å². The highest BCUT2D eigenvalue weighted by Gasteiger charge is 2.36. The van der Waals surface area contributed by atoms with Gasteiger partial charge in [-0.2, -0.15) is 18.2 Å². The van der Waals surface area contributed by atoms with E-state index in [1.54, 1.807) is 0 Å². The number of hydrogen-bond acceptors (Lipinski definition) is 5. The van der Waals surface area contributed by atoms with Crippen LogP contribution in [0.15, 0.2) is 54.6 Å². The van der Waals surface area contributed by atoms with E-state index in [1.807, 2.05) is 49.1 Å². The zero-order valence-electron chi connectivity index (χ0n) is 18.4. The van der Waals surface area contributed by atoms with E-state index in [0.717, 1.165) is 23.0 Å². The van der Waals surface area contributed by atoms with E-state index in [1.165, 1.54) is 23.1 Å². The number of carbonyl (C=O) groups excluding carboxylic acids is 1. The lowest BCUT2D eigenvalue weighted by Crippen LogP contribution is -2.49. The lowest BCUT2D eigenvalue weighted by atomic mass is 10.1. The molecule has 1 aromatic heterocycles. The fraction of sp³-hybridized carbons (Fsp3) is 0.292. The van der Waals surface area contributed by atoms with Crippen LogP contribution in [-0.4, -0.2) is 47.0 Å². The Morgan fingerprint density at radius 3 is 2.27 bits per heavy atom. The van der Waals surface area contributed by atoms with E-state index in [9.17, 15) is 18.0 Å². The Morgan fingerprint density at radius 2 is 1.61 bits per heavy atom. The average Bonchev–Trinajstić information content (AvgIpc) is 2.79. The van der Waals surface area contributed by atoms with Gasteiger partial charge in [0.2, 0.25) is 5.95 Å². The molecular formula is C24H24F3N5O. The fourth-order valence-corrected chi connectivity index (χ4v) is 3.76. The third-order valence-corrected chi connectivity index (χ3v) is 5.50. The molecule has 2 aromatic carbocycles. The molecule has 1 amide bonds. The summed E-state index contributed by atoms with van der Waals surface area (Å²) in [5, 5.41) is 3.20. The molecule has 33 heavy (non-hydrogen) atoms. The first-order valence-corrected chi connectivity index (χ1v) is 10.6. The van der Waals surface area contributed by atoms with E-state index in [2.05, 4.69) is 15.3 Å². The summed E-state index contributed by atoms with van der Waals surface area (Å²) in [6.45, 7) is 5.40. The number of amides is 1. The number of hydrogen-bond donors (Lipinski definition) is 1. The van der Waals surface area contributed by atoms with Crippen LogP contribution in [0.4, 0.5) is 30.6 Å². The van der Waals surface area contributed by atoms with Gasteiger partial charge in [-0.25, -0.2) is 4.98 Å². The largest absolute Gasteiger partial charge is 0.417 e. The maximum absolute atomic E-state index is 13.3. The van der Waals surface area contributed by atoms with Gasteiger partial charge in [0.25, 0.3) is 5.91 Å². The van der Waals surface area contributed by atoms with Gasteiger partial charge in [0.05, 0.1) is 11.1 Å². The second kappa shape index (κ2) is 9.09. The van der Waals surface area contributed by atoms with Crippen molar-refractivity contribution in [3.05, 3.63) is 77.0 Å². The Labute approximate surface area is 190 Å². The molecule has 3 aromatic rings. The molecule has 6 nitrogen and oxygen atoms in total. The molecule has 1 aliphatic heterocycles. The van der Waals surface area contributed by atoms with E-state index in [-0.39, 0.29) is 5.56 Å². The minimum atomic E-state index is -4.58. The maximum Gasteiger partial charge on any atom is 0.417 e. The van der Waals surface area contributed by atoms with Crippen molar-refractivity contribution in [3.63, 3.8) is 0 Å². The topological polar surface area (TPSA) is 61.4 Å². The number of aromatic nitrogens is 2. The summed E-state index contributed by atoms with van der Waals surface area (Å²) < 4.78 is 39.9. The predicted molar refractivity (Wildman–Crippen MR) is 121 cm³/mol. The normalized spacial score (nSPS) is 14.3. The van der Waals surface area contributed by atoms with Crippen LogP contribution in [-0.2, 0) is 6.18 Å². The number of rotatable bonds is 4. The molecule has 0 spiro atoms. The van der Waals surface area contributed by atoms with Crippen LogP contribution in [0, 0.1) is 13.8 Å². The lowest BCUT2D eigenvalue weighted by Gasteiger charge is -2.36. The van der Waals surface area contributed by atoms with Gasteiger partial charge in [-0.05, 0) is 38.1 Å². The van der Waals surface area contributed by atoms with E-state index < -0.39 is 17.6 Å². The van der Waals surface area contributed by atoms with E-state index in [0.29, 0.717) is 37.9 Å². The van der Waals surface area contributed by atoms with Crippen LogP contribution in [0.5, 0.6) is 0 Å². The summed E-state index contributed by atoms with van der Waals surface area (Å²) in [7, 11) is 0. The highest BCUT2D eigenvalue weighted by Crippen LogP contribution is 2.32. The molecular weight excluding hydrogens is 431 g/mol. The van der Waals surface area contributed by atoms with Crippen LogP contribution in [0.1, 0.15) is 27.2 Å². The average molecular weight is 455 g/mol. The number of alkyl halides is 3. The molecule has 9 heteroatoms. The molecule has 1 N–H and O–H groups in total.